The van der Waals surface area contributed by atoms with Crippen LogP contribution in [0.25, 0.3) is 0 Å². The number of rotatable bonds is 3. The molecule has 0 amide bonds. The van der Waals surface area contributed by atoms with Crippen molar-refractivity contribution < 1.29 is 8.42 Å². The van der Waals surface area contributed by atoms with Crippen molar-refractivity contribution in [1.29, 1.82) is 0 Å². The van der Waals surface area contributed by atoms with Crippen LogP contribution >= 0.6 is 0 Å². The van der Waals surface area contributed by atoms with E-state index >= 15 is 0 Å². The summed E-state index contributed by atoms with van der Waals surface area (Å²) < 4.78 is 25.0. The molecule has 0 spiro atoms. The number of piperazine rings is 1. The van der Waals surface area contributed by atoms with Gasteiger partial charge in [-0.25, -0.2) is 8.42 Å². The third-order valence-electron chi connectivity index (χ3n) is 2.33. The van der Waals surface area contributed by atoms with Gasteiger partial charge in [0, 0.05) is 32.2 Å². The Balaban J connectivity index is 2.56. The van der Waals surface area contributed by atoms with E-state index in [9.17, 15) is 8.42 Å². The van der Waals surface area contributed by atoms with Crippen LogP contribution in [0.5, 0.6) is 0 Å². The largest absolute Gasteiger partial charge is 0.327 e. The monoisotopic (exact) mass is 221 g/mol. The topological polar surface area (TPSA) is 66.6 Å². The van der Waals surface area contributed by atoms with Crippen LogP contribution in [0.4, 0.5) is 0 Å². The number of hydrogen-bond acceptors (Lipinski definition) is 4. The molecule has 1 rings (SSSR count). The van der Waals surface area contributed by atoms with Gasteiger partial charge in [0.15, 0.2) is 0 Å². The molecular weight excluding hydrogens is 202 g/mol. The molecule has 2 N–H and O–H groups in total. The maximum atomic E-state index is 11.7. The third kappa shape index (κ3) is 3.20. The molecule has 0 bridgehead atoms. The van der Waals surface area contributed by atoms with Gasteiger partial charge in [0.25, 0.3) is 0 Å². The van der Waals surface area contributed by atoms with Gasteiger partial charge in [0.05, 0.1) is 5.75 Å². The number of hydrogen-bond donors (Lipinski definition) is 1. The van der Waals surface area contributed by atoms with Crippen LogP contribution in [0.2, 0.25) is 0 Å². The highest BCUT2D eigenvalue weighted by atomic mass is 32.2. The summed E-state index contributed by atoms with van der Waals surface area (Å²) in [4.78, 5) is 2.12. The number of sulfonamides is 1. The van der Waals surface area contributed by atoms with Crippen LogP contribution in [0.15, 0.2) is 0 Å². The second kappa shape index (κ2) is 4.57. The number of nitrogens with two attached hydrogens (primary N) is 1. The lowest BCUT2D eigenvalue weighted by Gasteiger charge is -2.31. The first-order valence-corrected chi connectivity index (χ1v) is 6.44. The Morgan fingerprint density at radius 2 is 1.79 bits per heavy atom. The van der Waals surface area contributed by atoms with Gasteiger partial charge in [0.2, 0.25) is 10.0 Å². The van der Waals surface area contributed by atoms with Crippen LogP contribution in [0, 0.1) is 0 Å². The first-order chi connectivity index (χ1) is 6.42. The van der Waals surface area contributed by atoms with Gasteiger partial charge in [-0.05, 0) is 14.0 Å². The Morgan fingerprint density at radius 3 is 2.21 bits per heavy atom. The zero-order valence-corrected chi connectivity index (χ0v) is 9.63. The molecule has 14 heavy (non-hydrogen) atoms. The minimum atomic E-state index is -3.12. The standard InChI is InChI=1S/C8H19N3O2S/c1-8(9)7-14(12,13)11-5-3-10(2)4-6-11/h8H,3-7,9H2,1-2H3. The fourth-order valence-corrected chi connectivity index (χ4v) is 3.10. The maximum absolute atomic E-state index is 11.7. The Labute approximate surface area is 85.9 Å². The van der Waals surface area contributed by atoms with Crippen LogP contribution in [-0.4, -0.2) is 62.6 Å². The van der Waals surface area contributed by atoms with Crippen LogP contribution in [0.1, 0.15) is 6.92 Å². The molecule has 1 aliphatic rings. The molecule has 1 unspecified atom stereocenters. The zero-order chi connectivity index (χ0) is 10.8. The Bertz CT molecular complexity index is 268. The van der Waals surface area contributed by atoms with Crippen molar-refractivity contribution in [2.24, 2.45) is 5.73 Å². The van der Waals surface area contributed by atoms with Crippen molar-refractivity contribution in [2.75, 3.05) is 39.0 Å². The van der Waals surface area contributed by atoms with Gasteiger partial charge in [0.1, 0.15) is 0 Å². The molecule has 1 saturated heterocycles. The van der Waals surface area contributed by atoms with E-state index in [-0.39, 0.29) is 11.8 Å². The van der Waals surface area contributed by atoms with E-state index in [1.165, 1.54) is 4.31 Å². The fourth-order valence-electron chi connectivity index (χ4n) is 1.50. The minimum Gasteiger partial charge on any atom is -0.327 e. The van der Waals surface area contributed by atoms with Crippen LogP contribution < -0.4 is 5.73 Å². The maximum Gasteiger partial charge on any atom is 0.215 e. The summed E-state index contributed by atoms with van der Waals surface area (Å²) in [6.45, 7) is 4.50. The lowest BCUT2D eigenvalue weighted by Crippen LogP contribution is -2.49. The van der Waals surface area contributed by atoms with Crippen molar-refractivity contribution in [1.82, 2.24) is 9.21 Å². The van der Waals surface area contributed by atoms with Crippen molar-refractivity contribution in [3.8, 4) is 0 Å². The quantitative estimate of drug-likeness (QED) is 0.658. The van der Waals surface area contributed by atoms with E-state index in [1.54, 1.807) is 6.92 Å². The zero-order valence-electron chi connectivity index (χ0n) is 8.81. The van der Waals surface area contributed by atoms with Crippen molar-refractivity contribution in [3.05, 3.63) is 0 Å². The summed E-state index contributed by atoms with van der Waals surface area (Å²) in [5.41, 5.74) is 5.50. The predicted molar refractivity (Wildman–Crippen MR) is 56.5 cm³/mol. The lowest BCUT2D eigenvalue weighted by molar-refractivity contribution is 0.222. The summed E-state index contributed by atoms with van der Waals surface area (Å²) >= 11 is 0. The molecule has 1 atom stereocenters. The molecule has 1 aliphatic heterocycles. The molecule has 0 aliphatic carbocycles. The van der Waals surface area contributed by atoms with Gasteiger partial charge in [-0.15, -0.1) is 0 Å². The van der Waals surface area contributed by atoms with Crippen LogP contribution in [0.3, 0.4) is 0 Å². The van der Waals surface area contributed by atoms with Gasteiger partial charge in [-0.1, -0.05) is 0 Å². The highest BCUT2D eigenvalue weighted by Crippen LogP contribution is 2.07. The molecule has 84 valence electrons. The highest BCUT2D eigenvalue weighted by Gasteiger charge is 2.26. The lowest BCUT2D eigenvalue weighted by atomic mass is 10.4. The third-order valence-corrected chi connectivity index (χ3v) is 4.43. The molecule has 6 heteroatoms. The SMILES string of the molecule is CC(N)CS(=O)(=O)N1CCN(C)CC1. The molecule has 0 aromatic carbocycles. The molecule has 0 radical (unpaired) electrons. The second-order valence-corrected chi connectivity index (χ2v) is 5.97. The summed E-state index contributed by atoms with van der Waals surface area (Å²) in [7, 11) is -1.13. The van der Waals surface area contributed by atoms with Crippen molar-refractivity contribution in [2.45, 2.75) is 13.0 Å². The molecule has 0 aromatic rings. The number of likely N-dealkylation sites (N-methyl/N-ethyl adjacent to an activating group) is 1. The van der Waals surface area contributed by atoms with Gasteiger partial charge in [-0.3, -0.25) is 0 Å². The summed E-state index contributed by atoms with van der Waals surface area (Å²) in [5, 5.41) is 0. The first-order valence-electron chi connectivity index (χ1n) is 4.84. The van der Waals surface area contributed by atoms with E-state index in [0.29, 0.717) is 13.1 Å². The normalized spacial score (nSPS) is 23.6. The Kier molecular flexibility index (Phi) is 3.88. The van der Waals surface area contributed by atoms with Gasteiger partial charge >= 0.3 is 0 Å². The average Bonchev–Trinajstić information content (AvgIpc) is 2.02. The predicted octanol–water partition coefficient (Wildman–Crippen LogP) is -1.09. The molecule has 1 heterocycles. The second-order valence-electron chi connectivity index (χ2n) is 3.96. The Hall–Kier alpha value is -0.170. The van der Waals surface area contributed by atoms with E-state index in [2.05, 4.69) is 4.90 Å². The average molecular weight is 221 g/mol. The summed E-state index contributed by atoms with van der Waals surface area (Å²) in [5.74, 6) is 0.0523. The van der Waals surface area contributed by atoms with Gasteiger partial charge < -0.3 is 10.6 Å². The van der Waals surface area contributed by atoms with E-state index in [0.717, 1.165) is 13.1 Å². The van der Waals surface area contributed by atoms with Crippen molar-refractivity contribution >= 4 is 10.0 Å². The van der Waals surface area contributed by atoms with Gasteiger partial charge in [-0.2, -0.15) is 4.31 Å². The fraction of sp³-hybridized carbons (Fsp3) is 1.00. The van der Waals surface area contributed by atoms with E-state index < -0.39 is 10.0 Å². The summed E-state index contributed by atoms with van der Waals surface area (Å²) in [6, 6.07) is -0.292. The highest BCUT2D eigenvalue weighted by molar-refractivity contribution is 7.89. The summed E-state index contributed by atoms with van der Waals surface area (Å²) in [6.07, 6.45) is 0. The molecule has 5 nitrogen and oxygen atoms in total. The molecule has 0 aromatic heterocycles. The van der Waals surface area contributed by atoms with E-state index in [4.69, 9.17) is 5.73 Å². The van der Waals surface area contributed by atoms with Crippen molar-refractivity contribution in [3.63, 3.8) is 0 Å². The van der Waals surface area contributed by atoms with Crippen LogP contribution in [-0.2, 0) is 10.0 Å². The molecule has 0 saturated carbocycles. The van der Waals surface area contributed by atoms with E-state index in [1.807, 2.05) is 7.05 Å². The number of nitrogens with zero attached hydrogens (tertiary/aromatic N) is 2. The Morgan fingerprint density at radius 1 is 1.29 bits per heavy atom. The first kappa shape index (κ1) is 11.9. The minimum absolute atomic E-state index is 0.0523. The smallest absolute Gasteiger partial charge is 0.215 e. The molecular formula is C8H19N3O2S. The molecule has 1 fully saturated rings.